The summed E-state index contributed by atoms with van der Waals surface area (Å²) in [5.41, 5.74) is 0. The van der Waals surface area contributed by atoms with Crippen LogP contribution < -0.4 is 5.32 Å². The van der Waals surface area contributed by atoms with Crippen LogP contribution in [-0.4, -0.2) is 22.7 Å². The maximum atomic E-state index is 8.77. The minimum atomic E-state index is 0.199. The lowest BCUT2D eigenvalue weighted by molar-refractivity contribution is 0.278. The number of thiazole rings is 1. The van der Waals surface area contributed by atoms with Gasteiger partial charge in [0.2, 0.25) is 0 Å². The molecule has 0 bridgehead atoms. The Hall–Kier alpha value is -0.320. The molecular weight excluding hydrogens is 208 g/mol. The standard InChI is InChI=1S/C8H13ClN2OS/c1-2-6(3-4-12)10-8-11-7(9)5-13-8/h5-6,12H,2-4H2,1H3,(H,10,11). The Morgan fingerprint density at radius 2 is 2.54 bits per heavy atom. The molecule has 74 valence electrons. The lowest BCUT2D eigenvalue weighted by atomic mass is 10.2. The van der Waals surface area contributed by atoms with Crippen LogP contribution in [-0.2, 0) is 0 Å². The molecule has 3 nitrogen and oxygen atoms in total. The molecule has 0 aliphatic carbocycles. The van der Waals surface area contributed by atoms with Crippen LogP contribution in [0.3, 0.4) is 0 Å². The van der Waals surface area contributed by atoms with Crippen LogP contribution >= 0.6 is 22.9 Å². The first-order valence-corrected chi connectivity index (χ1v) is 5.50. The van der Waals surface area contributed by atoms with E-state index in [2.05, 4.69) is 17.2 Å². The van der Waals surface area contributed by atoms with Gasteiger partial charge in [0.15, 0.2) is 5.13 Å². The SMILES string of the molecule is CCC(CCO)Nc1nc(Cl)cs1. The van der Waals surface area contributed by atoms with Crippen LogP contribution in [0.4, 0.5) is 5.13 Å². The second-order valence-corrected chi connectivity index (χ2v) is 3.98. The molecule has 0 fully saturated rings. The zero-order valence-corrected chi connectivity index (χ0v) is 9.03. The molecule has 0 spiro atoms. The van der Waals surface area contributed by atoms with Gasteiger partial charge in [-0.25, -0.2) is 4.98 Å². The van der Waals surface area contributed by atoms with Crippen molar-refractivity contribution in [2.45, 2.75) is 25.8 Å². The predicted octanol–water partition coefficient (Wildman–Crippen LogP) is 2.37. The summed E-state index contributed by atoms with van der Waals surface area (Å²) in [4.78, 5) is 4.07. The zero-order valence-electron chi connectivity index (χ0n) is 7.46. The Labute approximate surface area is 86.8 Å². The highest BCUT2D eigenvalue weighted by Gasteiger charge is 2.07. The maximum Gasteiger partial charge on any atom is 0.184 e. The highest BCUT2D eigenvalue weighted by molar-refractivity contribution is 7.14. The molecule has 0 saturated carbocycles. The summed E-state index contributed by atoms with van der Waals surface area (Å²) >= 11 is 7.16. The van der Waals surface area contributed by atoms with Gasteiger partial charge in [-0.1, -0.05) is 18.5 Å². The molecule has 2 N–H and O–H groups in total. The van der Waals surface area contributed by atoms with Crippen LogP contribution in [0.25, 0.3) is 0 Å². The van der Waals surface area contributed by atoms with Crippen molar-refractivity contribution in [3.05, 3.63) is 10.5 Å². The molecular formula is C8H13ClN2OS. The van der Waals surface area contributed by atoms with Gasteiger partial charge in [-0.2, -0.15) is 0 Å². The number of aromatic nitrogens is 1. The molecule has 0 saturated heterocycles. The fourth-order valence-corrected chi connectivity index (χ4v) is 1.94. The number of rotatable bonds is 5. The molecule has 1 unspecified atom stereocenters. The molecule has 1 atom stereocenters. The van der Waals surface area contributed by atoms with Crippen LogP contribution in [0.1, 0.15) is 19.8 Å². The number of hydrogen-bond donors (Lipinski definition) is 2. The van der Waals surface area contributed by atoms with Gasteiger partial charge in [-0.3, -0.25) is 0 Å². The van der Waals surface area contributed by atoms with E-state index in [0.29, 0.717) is 5.15 Å². The molecule has 1 rings (SSSR count). The Kier molecular flexibility index (Phi) is 4.48. The number of aliphatic hydroxyl groups is 1. The molecule has 0 amide bonds. The van der Waals surface area contributed by atoms with E-state index in [9.17, 15) is 0 Å². The number of hydrogen-bond acceptors (Lipinski definition) is 4. The zero-order chi connectivity index (χ0) is 9.68. The fourth-order valence-electron chi connectivity index (χ4n) is 1.03. The second kappa shape index (κ2) is 5.42. The van der Waals surface area contributed by atoms with E-state index in [1.807, 2.05) is 0 Å². The number of halogens is 1. The van der Waals surface area contributed by atoms with E-state index in [4.69, 9.17) is 16.7 Å². The Balaban J connectivity index is 2.46. The first kappa shape index (κ1) is 10.8. The molecule has 0 aromatic carbocycles. The minimum Gasteiger partial charge on any atom is -0.396 e. The van der Waals surface area contributed by atoms with E-state index in [-0.39, 0.29) is 12.6 Å². The van der Waals surface area contributed by atoms with Crippen LogP contribution in [0.2, 0.25) is 5.15 Å². The predicted molar refractivity (Wildman–Crippen MR) is 56.5 cm³/mol. The van der Waals surface area contributed by atoms with Gasteiger partial charge in [0.1, 0.15) is 5.15 Å². The van der Waals surface area contributed by atoms with E-state index in [0.717, 1.165) is 18.0 Å². The molecule has 5 heteroatoms. The van der Waals surface area contributed by atoms with Crippen LogP contribution in [0.5, 0.6) is 0 Å². The number of aliphatic hydroxyl groups excluding tert-OH is 1. The van der Waals surface area contributed by atoms with E-state index in [1.165, 1.54) is 11.3 Å². The molecule has 0 radical (unpaired) electrons. The third-order valence-corrected chi connectivity index (χ3v) is 2.87. The largest absolute Gasteiger partial charge is 0.396 e. The molecule has 13 heavy (non-hydrogen) atoms. The smallest absolute Gasteiger partial charge is 0.184 e. The summed E-state index contributed by atoms with van der Waals surface area (Å²) in [6, 6.07) is 0.284. The molecule has 1 aromatic heterocycles. The summed E-state index contributed by atoms with van der Waals surface area (Å²) < 4.78 is 0. The van der Waals surface area contributed by atoms with Crippen molar-refractivity contribution in [3.63, 3.8) is 0 Å². The van der Waals surface area contributed by atoms with Gasteiger partial charge in [0.25, 0.3) is 0 Å². The third-order valence-electron chi connectivity index (χ3n) is 1.77. The van der Waals surface area contributed by atoms with Crippen LogP contribution in [0.15, 0.2) is 5.38 Å². The van der Waals surface area contributed by atoms with Crippen molar-refractivity contribution < 1.29 is 5.11 Å². The average Bonchev–Trinajstić information content (AvgIpc) is 2.50. The Bertz CT molecular complexity index is 254. The first-order chi connectivity index (χ1) is 6.26. The molecule has 1 aromatic rings. The number of nitrogens with zero attached hydrogens (tertiary/aromatic N) is 1. The number of anilines is 1. The minimum absolute atomic E-state index is 0.199. The second-order valence-electron chi connectivity index (χ2n) is 2.74. The monoisotopic (exact) mass is 220 g/mol. The normalized spacial score (nSPS) is 12.8. The van der Waals surface area contributed by atoms with Crippen molar-refractivity contribution in [1.82, 2.24) is 4.98 Å². The highest BCUT2D eigenvalue weighted by atomic mass is 35.5. The quantitative estimate of drug-likeness (QED) is 0.801. The number of nitrogens with one attached hydrogen (secondary N) is 1. The van der Waals surface area contributed by atoms with Gasteiger partial charge >= 0.3 is 0 Å². The summed E-state index contributed by atoms with van der Waals surface area (Å²) in [6.45, 7) is 2.27. The first-order valence-electron chi connectivity index (χ1n) is 4.24. The van der Waals surface area contributed by atoms with Crippen molar-refractivity contribution in [2.75, 3.05) is 11.9 Å². The van der Waals surface area contributed by atoms with Gasteiger partial charge in [-0.15, -0.1) is 11.3 Å². The van der Waals surface area contributed by atoms with E-state index < -0.39 is 0 Å². The van der Waals surface area contributed by atoms with Gasteiger partial charge in [-0.05, 0) is 12.8 Å². The van der Waals surface area contributed by atoms with Crippen molar-refractivity contribution in [1.29, 1.82) is 0 Å². The maximum absolute atomic E-state index is 8.77. The highest BCUT2D eigenvalue weighted by Crippen LogP contribution is 2.20. The third kappa shape index (κ3) is 3.50. The average molecular weight is 221 g/mol. The van der Waals surface area contributed by atoms with Gasteiger partial charge < -0.3 is 10.4 Å². The summed E-state index contributed by atoms with van der Waals surface area (Å²) in [6.07, 6.45) is 1.71. The molecule has 1 heterocycles. The summed E-state index contributed by atoms with van der Waals surface area (Å²) in [5, 5.41) is 15.1. The van der Waals surface area contributed by atoms with Gasteiger partial charge in [0, 0.05) is 18.0 Å². The Morgan fingerprint density at radius 3 is 3.00 bits per heavy atom. The lowest BCUT2D eigenvalue weighted by Gasteiger charge is -2.13. The van der Waals surface area contributed by atoms with Crippen molar-refractivity contribution in [2.24, 2.45) is 0 Å². The lowest BCUT2D eigenvalue weighted by Crippen LogP contribution is -2.19. The van der Waals surface area contributed by atoms with Gasteiger partial charge in [0.05, 0.1) is 0 Å². The van der Waals surface area contributed by atoms with Crippen molar-refractivity contribution in [3.8, 4) is 0 Å². The summed E-state index contributed by atoms with van der Waals surface area (Å²) in [5.74, 6) is 0. The topological polar surface area (TPSA) is 45.1 Å². The Morgan fingerprint density at radius 1 is 1.77 bits per heavy atom. The van der Waals surface area contributed by atoms with E-state index >= 15 is 0 Å². The van der Waals surface area contributed by atoms with Crippen LogP contribution in [0, 0.1) is 0 Å². The molecule has 0 aliphatic rings. The van der Waals surface area contributed by atoms with Crippen molar-refractivity contribution >= 4 is 28.1 Å². The fraction of sp³-hybridized carbons (Fsp3) is 0.625. The summed E-state index contributed by atoms with van der Waals surface area (Å²) in [7, 11) is 0. The molecule has 0 aliphatic heterocycles. The van der Waals surface area contributed by atoms with E-state index in [1.54, 1.807) is 5.38 Å².